The van der Waals surface area contributed by atoms with Crippen molar-refractivity contribution < 1.29 is 28.8 Å². The number of rotatable bonds is 7. The number of ketones is 1. The number of hydrogen-bond acceptors (Lipinski definition) is 7. The van der Waals surface area contributed by atoms with Gasteiger partial charge in [0.25, 0.3) is 5.69 Å². The van der Waals surface area contributed by atoms with Crippen LogP contribution in [0.5, 0.6) is 5.75 Å². The first-order valence-corrected chi connectivity index (χ1v) is 9.18. The Kier molecular flexibility index (Phi) is 6.51. The van der Waals surface area contributed by atoms with Crippen LogP contribution in [0.3, 0.4) is 0 Å². The van der Waals surface area contributed by atoms with Gasteiger partial charge in [0.05, 0.1) is 16.1 Å². The number of non-ortho nitro benzene ring substituents is 1. The Hall–Kier alpha value is -4.33. The van der Waals surface area contributed by atoms with E-state index in [0.29, 0.717) is 5.56 Å². The van der Waals surface area contributed by atoms with Crippen LogP contribution >= 0.6 is 0 Å². The molecule has 0 aliphatic heterocycles. The van der Waals surface area contributed by atoms with Crippen LogP contribution in [0.1, 0.15) is 36.6 Å². The summed E-state index contributed by atoms with van der Waals surface area (Å²) in [5, 5.41) is 10.7. The van der Waals surface area contributed by atoms with Gasteiger partial charge in [-0.2, -0.15) is 0 Å². The van der Waals surface area contributed by atoms with E-state index in [4.69, 9.17) is 9.47 Å². The molecule has 0 amide bonds. The highest BCUT2D eigenvalue weighted by Gasteiger charge is 2.15. The third kappa shape index (κ3) is 5.39. The molecule has 8 nitrogen and oxygen atoms in total. The second kappa shape index (κ2) is 9.45. The van der Waals surface area contributed by atoms with Crippen molar-refractivity contribution in [3.8, 4) is 5.75 Å². The van der Waals surface area contributed by atoms with Crippen LogP contribution in [0.2, 0.25) is 0 Å². The van der Waals surface area contributed by atoms with Crippen LogP contribution in [0, 0.1) is 17.0 Å². The van der Waals surface area contributed by atoms with Crippen LogP contribution in [0.15, 0.2) is 72.8 Å². The molecule has 0 saturated heterocycles. The summed E-state index contributed by atoms with van der Waals surface area (Å²) in [5.41, 5.74) is 1.44. The average molecular weight is 419 g/mol. The topological polar surface area (TPSA) is 113 Å². The minimum Gasteiger partial charge on any atom is -0.454 e. The lowest BCUT2D eigenvalue weighted by Crippen LogP contribution is -2.15. The number of ether oxygens (including phenoxy) is 2. The fraction of sp³-hybridized carbons (Fsp3) is 0.0870. The molecule has 0 radical (unpaired) electrons. The maximum atomic E-state index is 12.3. The van der Waals surface area contributed by atoms with E-state index in [1.807, 2.05) is 0 Å². The van der Waals surface area contributed by atoms with E-state index in [1.165, 1.54) is 48.5 Å². The van der Waals surface area contributed by atoms with Gasteiger partial charge in [0.15, 0.2) is 12.4 Å². The van der Waals surface area contributed by atoms with Crippen molar-refractivity contribution in [3.63, 3.8) is 0 Å². The number of hydrogen-bond donors (Lipinski definition) is 0. The van der Waals surface area contributed by atoms with E-state index in [0.717, 1.165) is 5.56 Å². The number of nitro groups is 1. The maximum absolute atomic E-state index is 12.3. The third-order valence-corrected chi connectivity index (χ3v) is 4.40. The molecule has 3 aromatic carbocycles. The minimum absolute atomic E-state index is 0.137. The first-order valence-electron chi connectivity index (χ1n) is 9.18. The van der Waals surface area contributed by atoms with Gasteiger partial charge in [-0.25, -0.2) is 9.59 Å². The zero-order valence-electron chi connectivity index (χ0n) is 16.4. The molecule has 0 N–H and O–H groups in total. The van der Waals surface area contributed by atoms with Gasteiger partial charge < -0.3 is 9.47 Å². The fourth-order valence-corrected chi connectivity index (χ4v) is 2.69. The van der Waals surface area contributed by atoms with Gasteiger partial charge in [-0.3, -0.25) is 14.9 Å². The molecule has 156 valence electrons. The summed E-state index contributed by atoms with van der Waals surface area (Å²) in [6.45, 7) is 1.35. The molecule has 31 heavy (non-hydrogen) atoms. The van der Waals surface area contributed by atoms with Gasteiger partial charge in [0.1, 0.15) is 5.75 Å². The Morgan fingerprint density at radius 3 is 2.06 bits per heavy atom. The Labute approximate surface area is 177 Å². The molecule has 3 rings (SSSR count). The smallest absolute Gasteiger partial charge is 0.343 e. The molecule has 0 bridgehead atoms. The van der Waals surface area contributed by atoms with Crippen molar-refractivity contribution in [1.82, 2.24) is 0 Å². The number of carbonyl (C=O) groups excluding carboxylic acids is 3. The second-order valence-corrected chi connectivity index (χ2v) is 6.53. The van der Waals surface area contributed by atoms with Crippen molar-refractivity contribution in [2.45, 2.75) is 6.92 Å². The zero-order chi connectivity index (χ0) is 22.4. The van der Waals surface area contributed by atoms with Crippen molar-refractivity contribution in [2.75, 3.05) is 6.61 Å². The van der Waals surface area contributed by atoms with E-state index in [2.05, 4.69) is 0 Å². The minimum atomic E-state index is -0.693. The number of benzene rings is 3. The number of Topliss-reactive ketones (excluding diaryl/α,β-unsaturated/α-hetero) is 1. The first-order chi connectivity index (χ1) is 14.8. The normalized spacial score (nSPS) is 10.2. The monoisotopic (exact) mass is 419 g/mol. The SMILES string of the molecule is Cc1ccccc1C(=O)OCC(=O)c1ccc(OC(=O)c2ccc([N+](=O)[O-])cc2)cc1. The molecule has 0 unspecified atom stereocenters. The molecular weight excluding hydrogens is 402 g/mol. The van der Waals surface area contributed by atoms with Crippen molar-refractivity contribution >= 4 is 23.4 Å². The summed E-state index contributed by atoms with van der Waals surface area (Å²) in [6, 6.07) is 17.7. The van der Waals surface area contributed by atoms with Gasteiger partial charge in [-0.05, 0) is 55.0 Å². The summed E-state index contributed by atoms with van der Waals surface area (Å²) in [6.07, 6.45) is 0. The van der Waals surface area contributed by atoms with Gasteiger partial charge in [-0.15, -0.1) is 0 Å². The number of carbonyl (C=O) groups is 3. The molecule has 0 aliphatic carbocycles. The molecule has 0 aliphatic rings. The second-order valence-electron chi connectivity index (χ2n) is 6.53. The highest BCUT2D eigenvalue weighted by Crippen LogP contribution is 2.17. The van der Waals surface area contributed by atoms with Crippen LogP contribution < -0.4 is 4.74 Å². The predicted molar refractivity (Wildman–Crippen MR) is 110 cm³/mol. The molecule has 0 spiro atoms. The van der Waals surface area contributed by atoms with Gasteiger partial charge in [-0.1, -0.05) is 18.2 Å². The predicted octanol–water partition coefficient (Wildman–Crippen LogP) is 4.16. The molecule has 0 saturated carbocycles. The molecule has 0 atom stereocenters. The van der Waals surface area contributed by atoms with Gasteiger partial charge in [0, 0.05) is 17.7 Å². The van der Waals surface area contributed by atoms with E-state index in [-0.39, 0.29) is 22.6 Å². The molecule has 0 heterocycles. The quantitative estimate of drug-likeness (QED) is 0.186. The highest BCUT2D eigenvalue weighted by atomic mass is 16.6. The van der Waals surface area contributed by atoms with E-state index >= 15 is 0 Å². The largest absolute Gasteiger partial charge is 0.454 e. The highest BCUT2D eigenvalue weighted by molar-refractivity contribution is 5.99. The Bertz CT molecular complexity index is 1140. The van der Waals surface area contributed by atoms with Crippen molar-refractivity contribution in [2.24, 2.45) is 0 Å². The summed E-state index contributed by atoms with van der Waals surface area (Å²) >= 11 is 0. The number of nitro benzene ring substituents is 1. The summed E-state index contributed by atoms with van der Waals surface area (Å²) < 4.78 is 10.3. The number of nitrogens with zero attached hydrogens (tertiary/aromatic N) is 1. The number of aryl methyl sites for hydroxylation is 1. The van der Waals surface area contributed by atoms with Crippen molar-refractivity contribution in [1.29, 1.82) is 0 Å². The molecule has 0 aromatic heterocycles. The van der Waals surface area contributed by atoms with Crippen LogP contribution in [-0.2, 0) is 4.74 Å². The first kappa shape index (κ1) is 21.4. The fourth-order valence-electron chi connectivity index (χ4n) is 2.69. The lowest BCUT2D eigenvalue weighted by Gasteiger charge is -2.07. The van der Waals surface area contributed by atoms with E-state index < -0.39 is 29.3 Å². The van der Waals surface area contributed by atoms with Gasteiger partial charge in [0.2, 0.25) is 0 Å². The molecule has 8 heteroatoms. The lowest BCUT2D eigenvalue weighted by molar-refractivity contribution is -0.384. The Morgan fingerprint density at radius 2 is 1.45 bits per heavy atom. The standard InChI is InChI=1S/C23H17NO7/c1-15-4-2-3-5-20(15)23(27)30-14-21(25)16-8-12-19(13-9-16)31-22(26)17-6-10-18(11-7-17)24(28)29/h2-13H,14H2,1H3. The van der Waals surface area contributed by atoms with Crippen molar-refractivity contribution in [3.05, 3.63) is 105 Å². The summed E-state index contributed by atoms with van der Waals surface area (Å²) in [7, 11) is 0. The van der Waals surface area contributed by atoms with Crippen LogP contribution in [-0.4, -0.2) is 29.3 Å². The number of esters is 2. The maximum Gasteiger partial charge on any atom is 0.343 e. The van der Waals surface area contributed by atoms with Gasteiger partial charge >= 0.3 is 11.9 Å². The molecular formula is C23H17NO7. The van der Waals surface area contributed by atoms with E-state index in [9.17, 15) is 24.5 Å². The summed E-state index contributed by atoms with van der Waals surface area (Å²) in [4.78, 5) is 46.6. The lowest BCUT2D eigenvalue weighted by atomic mass is 10.1. The average Bonchev–Trinajstić information content (AvgIpc) is 2.78. The molecule has 3 aromatic rings. The third-order valence-electron chi connectivity index (χ3n) is 4.40. The Morgan fingerprint density at radius 1 is 0.839 bits per heavy atom. The zero-order valence-corrected chi connectivity index (χ0v) is 16.4. The van der Waals surface area contributed by atoms with Crippen LogP contribution in [0.4, 0.5) is 5.69 Å². The van der Waals surface area contributed by atoms with E-state index in [1.54, 1.807) is 31.2 Å². The molecule has 0 fully saturated rings. The summed E-state index contributed by atoms with van der Waals surface area (Å²) in [5.74, 6) is -1.49. The van der Waals surface area contributed by atoms with Crippen LogP contribution in [0.25, 0.3) is 0 Å². The Balaban J connectivity index is 1.57.